The molecular formula is C18H21ClN4O3S. The Morgan fingerprint density at radius 2 is 2.19 bits per heavy atom. The minimum atomic E-state index is -0.399. The minimum absolute atomic E-state index is 0.103. The summed E-state index contributed by atoms with van der Waals surface area (Å²) >= 11 is 7.41. The summed E-state index contributed by atoms with van der Waals surface area (Å²) in [6.45, 7) is 5.01. The maximum absolute atomic E-state index is 12.4. The standard InChI is InChI=1S/C18H21ClN4O3S/c1-11(2)17-21-22-18(27-17)23-10-12(9-15(23)24)16(25)20-7-8-26-14-6-4-3-5-13(14)19/h3-6,11-12H,7-10H2,1-2H3,(H,20,25). The molecule has 1 unspecified atom stereocenters. The Morgan fingerprint density at radius 1 is 1.41 bits per heavy atom. The van der Waals surface area contributed by atoms with Crippen molar-refractivity contribution in [2.24, 2.45) is 5.92 Å². The Kier molecular flexibility index (Phi) is 6.28. The van der Waals surface area contributed by atoms with Gasteiger partial charge in [-0.15, -0.1) is 10.2 Å². The number of halogens is 1. The van der Waals surface area contributed by atoms with Crippen molar-refractivity contribution in [2.75, 3.05) is 24.6 Å². The number of aromatic nitrogens is 2. The third kappa shape index (κ3) is 4.75. The van der Waals surface area contributed by atoms with Crippen LogP contribution in [0.3, 0.4) is 0 Å². The van der Waals surface area contributed by atoms with Gasteiger partial charge in [-0.2, -0.15) is 0 Å². The highest BCUT2D eigenvalue weighted by molar-refractivity contribution is 7.15. The molecule has 2 aromatic rings. The highest BCUT2D eigenvalue weighted by Gasteiger charge is 2.36. The first-order valence-corrected chi connectivity index (χ1v) is 9.94. The van der Waals surface area contributed by atoms with Gasteiger partial charge in [-0.25, -0.2) is 0 Å². The van der Waals surface area contributed by atoms with Crippen LogP contribution in [0.5, 0.6) is 5.75 Å². The zero-order chi connectivity index (χ0) is 19.4. The summed E-state index contributed by atoms with van der Waals surface area (Å²) in [6.07, 6.45) is 0.174. The Balaban J connectivity index is 1.48. The molecule has 1 saturated heterocycles. The van der Waals surface area contributed by atoms with Gasteiger partial charge in [0.25, 0.3) is 0 Å². The molecular weight excluding hydrogens is 388 g/mol. The SMILES string of the molecule is CC(C)c1nnc(N2CC(C(=O)NCCOc3ccccc3Cl)CC2=O)s1. The molecule has 1 atom stereocenters. The van der Waals surface area contributed by atoms with Gasteiger partial charge in [0.15, 0.2) is 0 Å². The summed E-state index contributed by atoms with van der Waals surface area (Å²) in [4.78, 5) is 26.2. The van der Waals surface area contributed by atoms with Crippen LogP contribution in [0.15, 0.2) is 24.3 Å². The van der Waals surface area contributed by atoms with Crippen molar-refractivity contribution in [1.82, 2.24) is 15.5 Å². The number of nitrogens with zero attached hydrogens (tertiary/aromatic N) is 3. The van der Waals surface area contributed by atoms with Gasteiger partial charge < -0.3 is 10.1 Å². The molecule has 0 spiro atoms. The second-order valence-corrected chi connectivity index (χ2v) is 7.95. The van der Waals surface area contributed by atoms with Crippen molar-refractivity contribution < 1.29 is 14.3 Å². The second kappa shape index (κ2) is 8.67. The van der Waals surface area contributed by atoms with E-state index in [0.29, 0.717) is 35.6 Å². The van der Waals surface area contributed by atoms with E-state index >= 15 is 0 Å². The van der Waals surface area contributed by atoms with E-state index in [-0.39, 0.29) is 24.2 Å². The van der Waals surface area contributed by atoms with Gasteiger partial charge >= 0.3 is 0 Å². The van der Waals surface area contributed by atoms with E-state index in [4.69, 9.17) is 16.3 Å². The minimum Gasteiger partial charge on any atom is -0.490 e. The number of benzene rings is 1. The fraction of sp³-hybridized carbons (Fsp3) is 0.444. The van der Waals surface area contributed by atoms with Crippen LogP contribution in [0.25, 0.3) is 0 Å². The van der Waals surface area contributed by atoms with Crippen LogP contribution in [-0.2, 0) is 9.59 Å². The number of para-hydroxylation sites is 1. The number of nitrogens with one attached hydrogen (secondary N) is 1. The molecule has 1 aromatic carbocycles. The normalized spacial score (nSPS) is 16.8. The van der Waals surface area contributed by atoms with Crippen molar-refractivity contribution in [3.8, 4) is 5.75 Å². The quantitative estimate of drug-likeness (QED) is 0.712. The number of hydrogen-bond acceptors (Lipinski definition) is 6. The molecule has 144 valence electrons. The molecule has 1 aliphatic rings. The summed E-state index contributed by atoms with van der Waals surface area (Å²) in [7, 11) is 0. The van der Waals surface area contributed by atoms with Gasteiger partial charge in [0.05, 0.1) is 17.5 Å². The van der Waals surface area contributed by atoms with E-state index in [1.54, 1.807) is 17.0 Å². The highest BCUT2D eigenvalue weighted by Crippen LogP contribution is 2.30. The summed E-state index contributed by atoms with van der Waals surface area (Å²) in [5.74, 6) is 0.166. The molecule has 1 N–H and O–H groups in total. The smallest absolute Gasteiger partial charge is 0.229 e. The predicted molar refractivity (Wildman–Crippen MR) is 104 cm³/mol. The number of carbonyl (C=O) groups excluding carboxylic acids is 2. The van der Waals surface area contributed by atoms with Crippen LogP contribution < -0.4 is 15.0 Å². The van der Waals surface area contributed by atoms with Crippen LogP contribution in [0.4, 0.5) is 5.13 Å². The van der Waals surface area contributed by atoms with Gasteiger partial charge in [0, 0.05) is 18.9 Å². The van der Waals surface area contributed by atoms with Crippen molar-refractivity contribution >= 4 is 39.9 Å². The fourth-order valence-electron chi connectivity index (χ4n) is 2.68. The van der Waals surface area contributed by atoms with Crippen LogP contribution in [0.2, 0.25) is 5.02 Å². The molecule has 0 saturated carbocycles. The summed E-state index contributed by atoms with van der Waals surface area (Å²) in [5, 5.41) is 13.0. The highest BCUT2D eigenvalue weighted by atomic mass is 35.5. The first kappa shape index (κ1) is 19.6. The number of ether oxygens (including phenoxy) is 1. The average molecular weight is 409 g/mol. The van der Waals surface area contributed by atoms with Crippen LogP contribution in [-0.4, -0.2) is 41.7 Å². The first-order valence-electron chi connectivity index (χ1n) is 8.74. The number of amides is 2. The van der Waals surface area contributed by atoms with Crippen molar-refractivity contribution in [2.45, 2.75) is 26.2 Å². The van der Waals surface area contributed by atoms with E-state index in [0.717, 1.165) is 5.01 Å². The molecule has 0 radical (unpaired) electrons. The third-order valence-electron chi connectivity index (χ3n) is 4.15. The molecule has 1 aromatic heterocycles. The number of anilines is 1. The van der Waals surface area contributed by atoms with Crippen molar-refractivity contribution in [3.05, 3.63) is 34.3 Å². The fourth-order valence-corrected chi connectivity index (χ4v) is 3.74. The summed E-state index contributed by atoms with van der Waals surface area (Å²) in [6, 6.07) is 7.16. The van der Waals surface area contributed by atoms with Crippen molar-refractivity contribution in [1.29, 1.82) is 0 Å². The zero-order valence-electron chi connectivity index (χ0n) is 15.1. The van der Waals surface area contributed by atoms with Gasteiger partial charge in [-0.1, -0.05) is 48.9 Å². The van der Waals surface area contributed by atoms with Gasteiger partial charge in [0.1, 0.15) is 17.4 Å². The lowest BCUT2D eigenvalue weighted by Gasteiger charge is -2.13. The number of rotatable bonds is 7. The molecule has 7 nitrogen and oxygen atoms in total. The lowest BCUT2D eigenvalue weighted by Crippen LogP contribution is -2.35. The number of hydrogen-bond donors (Lipinski definition) is 1. The topological polar surface area (TPSA) is 84.4 Å². The molecule has 1 aliphatic heterocycles. The monoisotopic (exact) mass is 408 g/mol. The Bertz CT molecular complexity index is 826. The molecule has 0 aliphatic carbocycles. The summed E-state index contributed by atoms with van der Waals surface area (Å²) in [5.41, 5.74) is 0. The number of carbonyl (C=O) groups is 2. The molecule has 27 heavy (non-hydrogen) atoms. The molecule has 2 heterocycles. The van der Waals surface area contributed by atoms with E-state index in [1.807, 2.05) is 26.0 Å². The first-order chi connectivity index (χ1) is 13.0. The Hall–Kier alpha value is -2.19. The summed E-state index contributed by atoms with van der Waals surface area (Å²) < 4.78 is 5.55. The zero-order valence-corrected chi connectivity index (χ0v) is 16.7. The maximum Gasteiger partial charge on any atom is 0.229 e. The van der Waals surface area contributed by atoms with Gasteiger partial charge in [0.2, 0.25) is 16.9 Å². The lowest BCUT2D eigenvalue weighted by molar-refractivity contribution is -0.126. The molecule has 9 heteroatoms. The Labute approximate surface area is 166 Å². The average Bonchev–Trinajstić information content (AvgIpc) is 3.26. The third-order valence-corrected chi connectivity index (χ3v) is 5.71. The van der Waals surface area contributed by atoms with Gasteiger partial charge in [-0.3, -0.25) is 14.5 Å². The maximum atomic E-state index is 12.4. The van der Waals surface area contributed by atoms with Crippen LogP contribution in [0, 0.1) is 5.92 Å². The van der Waals surface area contributed by atoms with E-state index < -0.39 is 5.92 Å². The molecule has 1 fully saturated rings. The Morgan fingerprint density at radius 3 is 2.89 bits per heavy atom. The molecule has 0 bridgehead atoms. The lowest BCUT2D eigenvalue weighted by atomic mass is 10.1. The molecule has 3 rings (SSSR count). The van der Waals surface area contributed by atoms with Crippen LogP contribution >= 0.6 is 22.9 Å². The van der Waals surface area contributed by atoms with Crippen LogP contribution in [0.1, 0.15) is 31.2 Å². The predicted octanol–water partition coefficient (Wildman–Crippen LogP) is 2.86. The van der Waals surface area contributed by atoms with Gasteiger partial charge in [-0.05, 0) is 12.1 Å². The van der Waals surface area contributed by atoms with E-state index in [1.165, 1.54) is 11.3 Å². The second-order valence-electron chi connectivity index (χ2n) is 6.55. The van der Waals surface area contributed by atoms with E-state index in [9.17, 15) is 9.59 Å². The van der Waals surface area contributed by atoms with Crippen molar-refractivity contribution in [3.63, 3.8) is 0 Å². The van der Waals surface area contributed by atoms with E-state index in [2.05, 4.69) is 15.5 Å². The largest absolute Gasteiger partial charge is 0.490 e. The molecule has 2 amide bonds.